The summed E-state index contributed by atoms with van der Waals surface area (Å²) in [5.41, 5.74) is 0. The Morgan fingerprint density at radius 1 is 0.720 bits per heavy atom. The van der Waals surface area contributed by atoms with Crippen LogP contribution in [0.1, 0.15) is 12.8 Å². The van der Waals surface area contributed by atoms with Crippen molar-refractivity contribution < 1.29 is 0 Å². The molecule has 3 heterocycles. The van der Waals surface area contributed by atoms with Gasteiger partial charge in [-0.1, -0.05) is 55.2 Å². The van der Waals surface area contributed by atoms with Gasteiger partial charge in [-0.2, -0.15) is 0 Å². The second kappa shape index (κ2) is 7.14. The lowest BCUT2D eigenvalue weighted by molar-refractivity contribution is 0.950. The third-order valence-corrected chi connectivity index (χ3v) is 28.3. The van der Waals surface area contributed by atoms with Crippen LogP contribution < -0.4 is 5.19 Å². The lowest BCUT2D eigenvalue weighted by Gasteiger charge is -2.65. The Kier molecular flexibility index (Phi) is 5.53. The number of thioether (sulfide) groups is 4. The van der Waals surface area contributed by atoms with Gasteiger partial charge >= 0.3 is 0 Å². The van der Waals surface area contributed by atoms with Gasteiger partial charge in [0.15, 0.2) is 0 Å². The number of rotatable bonds is 1. The fraction of sp³-hybridized carbons (Fsp3) is 0.684. The van der Waals surface area contributed by atoms with Crippen LogP contribution in [0, 0.1) is 0 Å². The molecule has 0 aromatic heterocycles. The first kappa shape index (κ1) is 19.4. The van der Waals surface area contributed by atoms with E-state index >= 15 is 0 Å². The Balaban J connectivity index is 1.91. The highest BCUT2D eigenvalue weighted by Crippen LogP contribution is 2.67. The minimum absolute atomic E-state index is 0.512. The summed E-state index contributed by atoms with van der Waals surface area (Å²) in [5.74, 6) is 5.55. The van der Waals surface area contributed by atoms with E-state index in [0.29, 0.717) is 7.40 Å². The zero-order valence-electron chi connectivity index (χ0n) is 15.7. The molecule has 0 bridgehead atoms. The molecule has 4 rings (SSSR count). The van der Waals surface area contributed by atoms with Gasteiger partial charge in [0, 0.05) is 0 Å². The van der Waals surface area contributed by atoms with Gasteiger partial charge in [-0.05, 0) is 47.9 Å². The van der Waals surface area contributed by atoms with Crippen LogP contribution in [-0.4, -0.2) is 46.6 Å². The molecule has 1 aromatic rings. The van der Waals surface area contributed by atoms with Crippen molar-refractivity contribution in [2.45, 2.75) is 52.0 Å². The minimum atomic E-state index is -1.71. The summed E-state index contributed by atoms with van der Waals surface area (Å²) in [7, 11) is -2.89. The standard InChI is InChI=1S/C19H30S4Si2/c1-24(2)15-18(20-11-7-12-21-18)25(3,17-9-5-4-6-10-17)19(16-24)22-13-8-14-23-19/h4-6,9-10H,7-8,11-16H2,1-3H3. The molecule has 0 nitrogen and oxygen atoms in total. The molecule has 0 N–H and O–H groups in total. The van der Waals surface area contributed by atoms with Crippen molar-refractivity contribution in [1.82, 2.24) is 0 Å². The average molecular weight is 443 g/mol. The van der Waals surface area contributed by atoms with Gasteiger partial charge in [0.05, 0.1) is 15.5 Å². The lowest BCUT2D eigenvalue weighted by atomic mass is 10.4. The van der Waals surface area contributed by atoms with Crippen LogP contribution in [0.25, 0.3) is 0 Å². The Hall–Kier alpha value is 1.05. The van der Waals surface area contributed by atoms with E-state index in [1.807, 2.05) is 0 Å². The third kappa shape index (κ3) is 3.15. The van der Waals surface area contributed by atoms with Crippen molar-refractivity contribution in [2.75, 3.05) is 23.0 Å². The quantitative estimate of drug-likeness (QED) is 0.496. The van der Waals surface area contributed by atoms with E-state index < -0.39 is 16.1 Å². The second-order valence-corrected chi connectivity index (χ2v) is 25.7. The van der Waals surface area contributed by atoms with Crippen molar-refractivity contribution in [2.24, 2.45) is 0 Å². The van der Waals surface area contributed by atoms with Gasteiger partial charge in [0.1, 0.15) is 8.07 Å². The van der Waals surface area contributed by atoms with Crippen molar-refractivity contribution >= 4 is 68.4 Å². The molecule has 0 saturated carbocycles. The van der Waals surface area contributed by atoms with E-state index in [2.05, 4.69) is 97.0 Å². The number of hydrogen-bond acceptors (Lipinski definition) is 4. The van der Waals surface area contributed by atoms with E-state index in [0.717, 1.165) is 0 Å². The first-order valence-corrected chi connectivity index (χ1v) is 19.4. The summed E-state index contributed by atoms with van der Waals surface area (Å²) in [6, 6.07) is 14.9. The van der Waals surface area contributed by atoms with Crippen molar-refractivity contribution in [3.8, 4) is 0 Å². The maximum atomic E-state index is 2.79. The van der Waals surface area contributed by atoms with Crippen molar-refractivity contribution in [3.63, 3.8) is 0 Å². The smallest absolute Gasteiger partial charge is 0.140 e. The average Bonchev–Trinajstić information content (AvgIpc) is 2.61. The monoisotopic (exact) mass is 442 g/mol. The van der Waals surface area contributed by atoms with Gasteiger partial charge in [0.2, 0.25) is 0 Å². The largest absolute Gasteiger partial charge is 0.147 e. The predicted octanol–water partition coefficient (Wildman–Crippen LogP) is 5.91. The maximum Gasteiger partial charge on any atom is 0.140 e. The second-order valence-electron chi connectivity index (χ2n) is 8.62. The van der Waals surface area contributed by atoms with Gasteiger partial charge in [0.25, 0.3) is 0 Å². The molecule has 1 aromatic carbocycles. The highest BCUT2D eigenvalue weighted by molar-refractivity contribution is 8.25. The molecular weight excluding hydrogens is 413 g/mol. The van der Waals surface area contributed by atoms with Gasteiger partial charge in [-0.3, -0.25) is 0 Å². The van der Waals surface area contributed by atoms with E-state index in [9.17, 15) is 0 Å². The highest BCUT2D eigenvalue weighted by atomic mass is 32.2. The van der Waals surface area contributed by atoms with Gasteiger partial charge < -0.3 is 0 Å². The van der Waals surface area contributed by atoms with Crippen LogP contribution in [-0.2, 0) is 0 Å². The topological polar surface area (TPSA) is 0 Å². The summed E-state index contributed by atoms with van der Waals surface area (Å²) < 4.78 is 1.02. The first-order valence-electron chi connectivity index (χ1n) is 9.55. The molecule has 25 heavy (non-hydrogen) atoms. The molecule has 0 amide bonds. The minimum Gasteiger partial charge on any atom is -0.147 e. The molecule has 3 aliphatic heterocycles. The van der Waals surface area contributed by atoms with Crippen LogP contribution >= 0.6 is 47.0 Å². The molecule has 0 aliphatic carbocycles. The zero-order chi connectivity index (χ0) is 17.6. The van der Waals surface area contributed by atoms with Gasteiger partial charge in [-0.25, -0.2) is 0 Å². The van der Waals surface area contributed by atoms with Crippen LogP contribution in [0.3, 0.4) is 0 Å². The molecule has 6 heteroatoms. The van der Waals surface area contributed by atoms with Crippen LogP contribution in [0.5, 0.6) is 0 Å². The molecule has 2 spiro atoms. The van der Waals surface area contributed by atoms with Crippen molar-refractivity contribution in [3.05, 3.63) is 30.3 Å². The fourth-order valence-electron chi connectivity index (χ4n) is 5.11. The molecular formula is C19H30S4Si2. The van der Waals surface area contributed by atoms with Gasteiger partial charge in [-0.15, -0.1) is 47.0 Å². The highest BCUT2D eigenvalue weighted by Gasteiger charge is 2.69. The first-order chi connectivity index (χ1) is 11.9. The number of hydrogen-bond donors (Lipinski definition) is 0. The lowest BCUT2D eigenvalue weighted by Crippen LogP contribution is -2.78. The SMILES string of the molecule is C[Si]1(C)CC2(SCCCS2)[Si](C)(c2ccccc2)C2(C1)SCCCS2. The summed E-state index contributed by atoms with van der Waals surface area (Å²) >= 11 is 9.56. The molecule has 3 fully saturated rings. The Bertz CT molecular complexity index is 577. The normalized spacial score (nSPS) is 33.4. The molecule has 0 unspecified atom stereocenters. The van der Waals surface area contributed by atoms with E-state index in [4.69, 9.17) is 0 Å². The summed E-state index contributed by atoms with van der Waals surface area (Å²) in [6.45, 7) is 8.18. The number of benzene rings is 1. The zero-order valence-corrected chi connectivity index (χ0v) is 20.9. The van der Waals surface area contributed by atoms with Crippen LogP contribution in [0.4, 0.5) is 0 Å². The molecule has 3 saturated heterocycles. The van der Waals surface area contributed by atoms with Crippen LogP contribution in [0.2, 0.25) is 31.7 Å². The predicted molar refractivity (Wildman–Crippen MR) is 129 cm³/mol. The Morgan fingerprint density at radius 3 is 1.60 bits per heavy atom. The van der Waals surface area contributed by atoms with E-state index in [1.54, 1.807) is 5.19 Å². The molecule has 3 aliphatic rings. The van der Waals surface area contributed by atoms with Crippen LogP contribution in [0.15, 0.2) is 30.3 Å². The van der Waals surface area contributed by atoms with E-state index in [1.165, 1.54) is 47.9 Å². The molecule has 0 atom stereocenters. The maximum absolute atomic E-state index is 2.79. The summed E-state index contributed by atoms with van der Waals surface area (Å²) in [4.78, 5) is 0. The Morgan fingerprint density at radius 2 is 1.16 bits per heavy atom. The molecule has 138 valence electrons. The Labute approximate surface area is 172 Å². The fourth-order valence-corrected chi connectivity index (χ4v) is 36.7. The molecule has 0 radical (unpaired) electrons. The summed E-state index contributed by atoms with van der Waals surface area (Å²) in [5, 5.41) is 1.74. The summed E-state index contributed by atoms with van der Waals surface area (Å²) in [6.07, 6.45) is 2.82. The van der Waals surface area contributed by atoms with Crippen molar-refractivity contribution in [1.29, 1.82) is 0 Å². The third-order valence-electron chi connectivity index (χ3n) is 6.22. The van der Waals surface area contributed by atoms with E-state index in [-0.39, 0.29) is 0 Å².